The van der Waals surface area contributed by atoms with E-state index in [0.29, 0.717) is 29.5 Å². The molecule has 130 valence electrons. The molecule has 2 N–H and O–H groups in total. The Labute approximate surface area is 137 Å². The van der Waals surface area contributed by atoms with E-state index < -0.39 is 6.61 Å². The number of methoxy groups -OCH3 is 1. The number of alkyl halides is 2. The van der Waals surface area contributed by atoms with Gasteiger partial charge in [0.15, 0.2) is 5.96 Å². The molecule has 0 atom stereocenters. The van der Waals surface area contributed by atoms with Gasteiger partial charge in [-0.05, 0) is 18.2 Å². The molecule has 9 heteroatoms. The fourth-order valence-corrected chi connectivity index (χ4v) is 1.93. The van der Waals surface area contributed by atoms with Gasteiger partial charge in [0.25, 0.3) is 0 Å². The van der Waals surface area contributed by atoms with E-state index in [1.165, 1.54) is 19.4 Å². The summed E-state index contributed by atoms with van der Waals surface area (Å²) in [6, 6.07) is 6.33. The zero-order valence-corrected chi connectivity index (χ0v) is 13.3. The highest BCUT2D eigenvalue weighted by Crippen LogP contribution is 2.25. The van der Waals surface area contributed by atoms with Crippen molar-refractivity contribution < 1.29 is 22.8 Å². The molecule has 0 radical (unpaired) electrons. The number of halogens is 2. The average Bonchev–Trinajstić information content (AvgIpc) is 3.09. The molecule has 0 unspecified atom stereocenters. The van der Waals surface area contributed by atoms with Crippen LogP contribution in [0, 0.1) is 0 Å². The van der Waals surface area contributed by atoms with E-state index >= 15 is 0 Å². The number of hydrogen-bond donors (Lipinski definition) is 2. The first kappa shape index (κ1) is 17.5. The van der Waals surface area contributed by atoms with Crippen molar-refractivity contribution in [3.05, 3.63) is 41.8 Å². The number of benzene rings is 1. The van der Waals surface area contributed by atoms with E-state index in [-0.39, 0.29) is 12.3 Å². The Hall–Kier alpha value is -2.84. The minimum Gasteiger partial charge on any atom is -0.497 e. The molecular weight excluding hydrogens is 322 g/mol. The maximum atomic E-state index is 12.5. The summed E-state index contributed by atoms with van der Waals surface area (Å²) in [6.45, 7) is -2.27. The Kier molecular flexibility index (Phi) is 6.35. The molecule has 2 rings (SSSR count). The zero-order chi connectivity index (χ0) is 17.4. The van der Waals surface area contributed by atoms with Crippen LogP contribution in [-0.4, -0.2) is 31.9 Å². The van der Waals surface area contributed by atoms with Crippen LogP contribution in [0.15, 0.2) is 40.0 Å². The number of rotatable bonds is 7. The second-order valence-electron chi connectivity index (χ2n) is 4.62. The maximum Gasteiger partial charge on any atom is 0.387 e. The summed E-state index contributed by atoms with van der Waals surface area (Å²) in [5.41, 5.74) is 1.22. The molecule has 1 heterocycles. The molecule has 2 aromatic rings. The molecule has 0 fully saturated rings. The van der Waals surface area contributed by atoms with Gasteiger partial charge in [0, 0.05) is 25.2 Å². The van der Waals surface area contributed by atoms with Crippen LogP contribution in [0.4, 0.5) is 8.78 Å². The Morgan fingerprint density at radius 2 is 2.08 bits per heavy atom. The van der Waals surface area contributed by atoms with Crippen molar-refractivity contribution in [2.75, 3.05) is 14.2 Å². The lowest BCUT2D eigenvalue weighted by molar-refractivity contribution is -0.0504. The van der Waals surface area contributed by atoms with Crippen LogP contribution >= 0.6 is 0 Å². The first-order valence-corrected chi connectivity index (χ1v) is 7.08. The third kappa shape index (κ3) is 5.11. The number of aromatic nitrogens is 1. The van der Waals surface area contributed by atoms with E-state index in [1.54, 1.807) is 25.2 Å². The van der Waals surface area contributed by atoms with E-state index in [2.05, 4.69) is 25.5 Å². The standard InChI is InChI=1S/C15H18F2N4O3/c1-18-15(20-9-11-5-6-23-21-11)19-8-10-7-12(22-2)3-4-13(10)24-14(16)17/h3-7,14H,8-9H2,1-2H3,(H2,18,19,20). The molecular formula is C15H18F2N4O3. The molecule has 0 bridgehead atoms. The molecule has 0 aliphatic heterocycles. The quantitative estimate of drug-likeness (QED) is 0.594. The Morgan fingerprint density at radius 3 is 2.71 bits per heavy atom. The van der Waals surface area contributed by atoms with Crippen LogP contribution in [-0.2, 0) is 13.1 Å². The minimum absolute atomic E-state index is 0.0743. The predicted octanol–water partition coefficient (Wildman–Crippen LogP) is 2.15. The summed E-state index contributed by atoms with van der Waals surface area (Å²) in [4.78, 5) is 4.05. The fraction of sp³-hybridized carbons (Fsp3) is 0.333. The number of nitrogens with zero attached hydrogens (tertiary/aromatic N) is 2. The SMILES string of the molecule is CN=C(NCc1ccon1)NCc1cc(OC)ccc1OC(F)F. The second-order valence-corrected chi connectivity index (χ2v) is 4.62. The second kappa shape index (κ2) is 8.70. The number of aliphatic imine (C=N–C) groups is 1. The van der Waals surface area contributed by atoms with Crippen LogP contribution in [0.5, 0.6) is 11.5 Å². The van der Waals surface area contributed by atoms with Crippen molar-refractivity contribution in [1.82, 2.24) is 15.8 Å². The maximum absolute atomic E-state index is 12.5. The van der Waals surface area contributed by atoms with Crippen LogP contribution < -0.4 is 20.1 Å². The fourth-order valence-electron chi connectivity index (χ4n) is 1.93. The lowest BCUT2D eigenvalue weighted by Gasteiger charge is -2.15. The third-order valence-electron chi connectivity index (χ3n) is 3.08. The molecule has 0 aliphatic carbocycles. The van der Waals surface area contributed by atoms with Crippen molar-refractivity contribution >= 4 is 5.96 Å². The molecule has 0 amide bonds. The lowest BCUT2D eigenvalue weighted by atomic mass is 10.2. The predicted molar refractivity (Wildman–Crippen MR) is 83.2 cm³/mol. The Balaban J connectivity index is 2.00. The van der Waals surface area contributed by atoms with Gasteiger partial charge < -0.3 is 24.6 Å². The lowest BCUT2D eigenvalue weighted by Crippen LogP contribution is -2.36. The van der Waals surface area contributed by atoms with Gasteiger partial charge in [-0.1, -0.05) is 5.16 Å². The molecule has 0 saturated carbocycles. The summed E-state index contributed by atoms with van der Waals surface area (Å²) in [6.07, 6.45) is 1.47. The largest absolute Gasteiger partial charge is 0.497 e. The molecule has 0 saturated heterocycles. The van der Waals surface area contributed by atoms with Crippen LogP contribution in [0.2, 0.25) is 0 Å². The summed E-state index contributed by atoms with van der Waals surface area (Å²) in [5.74, 6) is 1.09. The van der Waals surface area contributed by atoms with E-state index in [1.807, 2.05) is 0 Å². The van der Waals surface area contributed by atoms with Crippen molar-refractivity contribution in [3.63, 3.8) is 0 Å². The summed E-state index contributed by atoms with van der Waals surface area (Å²) < 4.78 is 39.4. The Bertz CT molecular complexity index is 663. The van der Waals surface area contributed by atoms with Gasteiger partial charge in [-0.3, -0.25) is 4.99 Å². The van der Waals surface area contributed by atoms with Crippen LogP contribution in [0.25, 0.3) is 0 Å². The van der Waals surface area contributed by atoms with Crippen molar-refractivity contribution in [2.24, 2.45) is 4.99 Å². The van der Waals surface area contributed by atoms with Gasteiger partial charge in [-0.15, -0.1) is 0 Å². The first-order valence-electron chi connectivity index (χ1n) is 7.08. The van der Waals surface area contributed by atoms with Gasteiger partial charge in [0.1, 0.15) is 23.5 Å². The normalized spacial score (nSPS) is 11.5. The molecule has 7 nitrogen and oxygen atoms in total. The Morgan fingerprint density at radius 1 is 1.29 bits per heavy atom. The van der Waals surface area contributed by atoms with E-state index in [4.69, 9.17) is 9.26 Å². The first-order chi connectivity index (χ1) is 11.6. The summed E-state index contributed by atoms with van der Waals surface area (Å²) >= 11 is 0. The smallest absolute Gasteiger partial charge is 0.387 e. The van der Waals surface area contributed by atoms with Gasteiger partial charge in [0.2, 0.25) is 0 Å². The van der Waals surface area contributed by atoms with Gasteiger partial charge >= 0.3 is 6.61 Å². The molecule has 24 heavy (non-hydrogen) atoms. The monoisotopic (exact) mass is 340 g/mol. The van der Waals surface area contributed by atoms with E-state index in [9.17, 15) is 8.78 Å². The highest BCUT2D eigenvalue weighted by molar-refractivity contribution is 5.79. The summed E-state index contributed by atoms with van der Waals surface area (Å²) in [5, 5.41) is 9.81. The molecule has 1 aromatic carbocycles. The van der Waals surface area contributed by atoms with Gasteiger partial charge in [-0.2, -0.15) is 8.78 Å². The van der Waals surface area contributed by atoms with Gasteiger partial charge in [0.05, 0.1) is 13.7 Å². The van der Waals surface area contributed by atoms with Gasteiger partial charge in [-0.25, -0.2) is 0 Å². The zero-order valence-electron chi connectivity index (χ0n) is 13.3. The minimum atomic E-state index is -2.90. The average molecular weight is 340 g/mol. The van der Waals surface area contributed by atoms with Crippen LogP contribution in [0.1, 0.15) is 11.3 Å². The number of hydrogen-bond acceptors (Lipinski definition) is 5. The molecule has 1 aromatic heterocycles. The van der Waals surface area contributed by atoms with Crippen molar-refractivity contribution in [3.8, 4) is 11.5 Å². The molecule has 0 aliphatic rings. The number of guanidine groups is 1. The van der Waals surface area contributed by atoms with Crippen molar-refractivity contribution in [2.45, 2.75) is 19.7 Å². The van der Waals surface area contributed by atoms with Crippen LogP contribution in [0.3, 0.4) is 0 Å². The topological polar surface area (TPSA) is 80.9 Å². The van der Waals surface area contributed by atoms with Crippen molar-refractivity contribution in [1.29, 1.82) is 0 Å². The molecule has 0 spiro atoms. The summed E-state index contributed by atoms with van der Waals surface area (Å²) in [7, 11) is 3.10. The third-order valence-corrected chi connectivity index (χ3v) is 3.08. The highest BCUT2D eigenvalue weighted by Gasteiger charge is 2.11. The highest BCUT2D eigenvalue weighted by atomic mass is 19.3. The number of ether oxygens (including phenoxy) is 2. The van der Waals surface area contributed by atoms with E-state index in [0.717, 1.165) is 0 Å². The number of nitrogens with one attached hydrogen (secondary N) is 2.